The number of fused-ring (bicyclic) bond motifs is 1. The number of carbonyl (C=O) groups is 1. The first kappa shape index (κ1) is 25.4. The van der Waals surface area contributed by atoms with Gasteiger partial charge in [-0.15, -0.1) is 0 Å². The molecule has 192 valence electrons. The second kappa shape index (κ2) is 10.2. The maximum atomic E-state index is 13.1. The van der Waals surface area contributed by atoms with Crippen molar-refractivity contribution in [3.63, 3.8) is 0 Å². The van der Waals surface area contributed by atoms with Crippen LogP contribution in [-0.2, 0) is 16.6 Å². The summed E-state index contributed by atoms with van der Waals surface area (Å²) in [5.74, 6) is -0.0861. The number of hydrogen-bond donors (Lipinski definition) is 0. The van der Waals surface area contributed by atoms with Gasteiger partial charge in [-0.2, -0.15) is 4.31 Å². The molecule has 0 unspecified atom stereocenters. The number of aromatic nitrogens is 1. The number of anilines is 1. The van der Waals surface area contributed by atoms with Gasteiger partial charge in [0.1, 0.15) is 0 Å². The van der Waals surface area contributed by atoms with Gasteiger partial charge in [0.2, 0.25) is 10.0 Å². The molecular formula is C28H30N4O3S2. The zero-order valence-electron chi connectivity index (χ0n) is 21.2. The molecule has 9 heteroatoms. The van der Waals surface area contributed by atoms with Gasteiger partial charge in [0.25, 0.3) is 5.91 Å². The number of rotatable bonds is 6. The van der Waals surface area contributed by atoms with Crippen molar-refractivity contribution in [2.45, 2.75) is 25.3 Å². The van der Waals surface area contributed by atoms with Gasteiger partial charge in [0, 0.05) is 45.3 Å². The van der Waals surface area contributed by atoms with Crippen LogP contribution in [0.3, 0.4) is 0 Å². The molecule has 0 N–H and O–H groups in total. The Kier molecular flexibility index (Phi) is 7.02. The number of aryl methyl sites for hydroxylation is 2. The predicted octanol–water partition coefficient (Wildman–Crippen LogP) is 4.70. The van der Waals surface area contributed by atoms with Crippen molar-refractivity contribution in [2.24, 2.45) is 0 Å². The van der Waals surface area contributed by atoms with Crippen LogP contribution in [0.1, 0.15) is 27.0 Å². The van der Waals surface area contributed by atoms with E-state index in [9.17, 15) is 13.2 Å². The quantitative estimate of drug-likeness (QED) is 0.359. The van der Waals surface area contributed by atoms with E-state index in [-0.39, 0.29) is 17.3 Å². The second-order valence-electron chi connectivity index (χ2n) is 9.48. The van der Waals surface area contributed by atoms with Gasteiger partial charge in [-0.1, -0.05) is 47.7 Å². The molecule has 1 saturated heterocycles. The van der Waals surface area contributed by atoms with Crippen LogP contribution in [-0.4, -0.2) is 61.7 Å². The van der Waals surface area contributed by atoms with E-state index in [0.717, 1.165) is 16.2 Å². The number of thiazole rings is 1. The van der Waals surface area contributed by atoms with Gasteiger partial charge < -0.3 is 9.80 Å². The molecule has 1 amide bonds. The molecule has 37 heavy (non-hydrogen) atoms. The minimum atomic E-state index is -3.66. The molecule has 1 aliphatic heterocycles. The third-order valence-electron chi connectivity index (χ3n) is 6.70. The standard InChI is InChI=1S/C28H30N4O3S2/c1-20-17-21(2)26-25(18-20)29-28(36-26)32-15-13-31(14-16-32)27(33)23-9-11-24(12-10-23)37(34,35)30(3)19-22-7-5-4-6-8-22/h4-12,17-18H,13-16,19H2,1-3H3. The van der Waals surface area contributed by atoms with Gasteiger partial charge in [0.05, 0.1) is 15.1 Å². The average Bonchev–Trinajstić information content (AvgIpc) is 3.33. The Bertz CT molecular complexity index is 1530. The van der Waals surface area contributed by atoms with E-state index in [4.69, 9.17) is 4.98 Å². The number of benzene rings is 3. The maximum absolute atomic E-state index is 13.1. The molecule has 0 saturated carbocycles. The fourth-order valence-corrected chi connectivity index (χ4v) is 6.88. The summed E-state index contributed by atoms with van der Waals surface area (Å²) >= 11 is 1.70. The highest BCUT2D eigenvalue weighted by atomic mass is 32.2. The third kappa shape index (κ3) is 5.25. The summed E-state index contributed by atoms with van der Waals surface area (Å²) in [5, 5.41) is 0.991. The first-order valence-corrected chi connectivity index (χ1v) is 14.5. The van der Waals surface area contributed by atoms with E-state index < -0.39 is 10.0 Å². The monoisotopic (exact) mass is 534 g/mol. The van der Waals surface area contributed by atoms with Crippen molar-refractivity contribution in [3.05, 3.63) is 89.0 Å². The van der Waals surface area contributed by atoms with Crippen LogP contribution in [0.2, 0.25) is 0 Å². The third-order valence-corrected chi connectivity index (χ3v) is 9.79. The van der Waals surface area contributed by atoms with Crippen LogP contribution >= 0.6 is 11.3 Å². The van der Waals surface area contributed by atoms with Gasteiger partial charge in [-0.3, -0.25) is 4.79 Å². The molecule has 1 aliphatic rings. The van der Waals surface area contributed by atoms with Crippen LogP contribution < -0.4 is 4.90 Å². The molecule has 1 fully saturated rings. The Balaban J connectivity index is 1.22. The lowest BCUT2D eigenvalue weighted by atomic mass is 10.1. The van der Waals surface area contributed by atoms with Crippen LogP contribution in [0.15, 0.2) is 71.6 Å². The first-order valence-electron chi connectivity index (χ1n) is 12.2. The van der Waals surface area contributed by atoms with E-state index in [1.54, 1.807) is 30.5 Å². The Hall–Kier alpha value is -3.27. The largest absolute Gasteiger partial charge is 0.345 e. The lowest BCUT2D eigenvalue weighted by Crippen LogP contribution is -2.48. The maximum Gasteiger partial charge on any atom is 0.253 e. The summed E-state index contributed by atoms with van der Waals surface area (Å²) in [7, 11) is -2.10. The first-order chi connectivity index (χ1) is 17.7. The summed E-state index contributed by atoms with van der Waals surface area (Å²) in [6.07, 6.45) is 0. The molecule has 1 aromatic heterocycles. The highest BCUT2D eigenvalue weighted by Gasteiger charge is 2.26. The lowest BCUT2D eigenvalue weighted by Gasteiger charge is -2.34. The van der Waals surface area contributed by atoms with Crippen LogP contribution in [0.4, 0.5) is 5.13 Å². The van der Waals surface area contributed by atoms with E-state index in [2.05, 4.69) is 30.9 Å². The van der Waals surface area contributed by atoms with Crippen LogP contribution in [0, 0.1) is 13.8 Å². The summed E-state index contributed by atoms with van der Waals surface area (Å²) < 4.78 is 28.6. The number of nitrogens with zero attached hydrogens (tertiary/aromatic N) is 4. The molecule has 3 aromatic carbocycles. The summed E-state index contributed by atoms with van der Waals surface area (Å²) in [6, 6.07) is 20.0. The van der Waals surface area contributed by atoms with Crippen LogP contribution in [0.5, 0.6) is 0 Å². The highest BCUT2D eigenvalue weighted by Crippen LogP contribution is 2.32. The number of sulfonamides is 1. The Morgan fingerprint density at radius 3 is 2.32 bits per heavy atom. The van der Waals surface area contributed by atoms with E-state index >= 15 is 0 Å². The molecule has 0 bridgehead atoms. The van der Waals surface area contributed by atoms with E-state index in [0.29, 0.717) is 31.7 Å². The fraction of sp³-hybridized carbons (Fsp3) is 0.286. The summed E-state index contributed by atoms with van der Waals surface area (Å²) in [5.41, 5.74) is 4.88. The Morgan fingerprint density at radius 1 is 0.973 bits per heavy atom. The molecule has 0 spiro atoms. The second-order valence-corrected chi connectivity index (χ2v) is 12.5. The van der Waals surface area contributed by atoms with Crippen LogP contribution in [0.25, 0.3) is 10.2 Å². The van der Waals surface area contributed by atoms with Crippen molar-refractivity contribution in [1.82, 2.24) is 14.2 Å². The zero-order valence-corrected chi connectivity index (χ0v) is 22.8. The predicted molar refractivity (Wildman–Crippen MR) is 149 cm³/mol. The van der Waals surface area contributed by atoms with Gasteiger partial charge in [0.15, 0.2) is 5.13 Å². The molecule has 5 rings (SSSR count). The number of carbonyl (C=O) groups excluding carboxylic acids is 1. The average molecular weight is 535 g/mol. The van der Waals surface area contributed by atoms with Crippen molar-refractivity contribution >= 4 is 42.6 Å². The molecule has 4 aromatic rings. The SMILES string of the molecule is Cc1cc(C)c2sc(N3CCN(C(=O)c4ccc(S(=O)(=O)N(C)Cc5ccccc5)cc4)CC3)nc2c1. The van der Waals surface area contributed by atoms with Crippen molar-refractivity contribution in [2.75, 3.05) is 38.1 Å². The van der Waals surface area contributed by atoms with Crippen molar-refractivity contribution < 1.29 is 13.2 Å². The molecule has 2 heterocycles. The van der Waals surface area contributed by atoms with Gasteiger partial charge in [-0.25, -0.2) is 13.4 Å². The summed E-state index contributed by atoms with van der Waals surface area (Å²) in [4.78, 5) is 22.2. The lowest BCUT2D eigenvalue weighted by molar-refractivity contribution is 0.0746. The Labute approximate surface area is 222 Å². The number of amides is 1. The molecule has 7 nitrogen and oxygen atoms in total. The van der Waals surface area contributed by atoms with Gasteiger partial charge in [-0.05, 0) is 60.9 Å². The van der Waals surface area contributed by atoms with Crippen molar-refractivity contribution in [1.29, 1.82) is 0 Å². The highest BCUT2D eigenvalue weighted by molar-refractivity contribution is 7.89. The number of piperazine rings is 1. The number of hydrogen-bond acceptors (Lipinski definition) is 6. The molecule has 0 atom stereocenters. The topological polar surface area (TPSA) is 73.8 Å². The van der Waals surface area contributed by atoms with E-state index in [1.807, 2.05) is 35.2 Å². The Morgan fingerprint density at radius 2 is 1.65 bits per heavy atom. The minimum absolute atomic E-state index is 0.0861. The fourth-order valence-electron chi connectivity index (χ4n) is 4.66. The molecular weight excluding hydrogens is 504 g/mol. The van der Waals surface area contributed by atoms with Gasteiger partial charge >= 0.3 is 0 Å². The van der Waals surface area contributed by atoms with E-state index in [1.165, 1.54) is 32.3 Å². The summed E-state index contributed by atoms with van der Waals surface area (Å²) in [6.45, 7) is 7.08. The molecule has 0 radical (unpaired) electrons. The molecule has 0 aliphatic carbocycles. The minimum Gasteiger partial charge on any atom is -0.345 e. The zero-order chi connectivity index (χ0) is 26.2. The smallest absolute Gasteiger partial charge is 0.253 e. The van der Waals surface area contributed by atoms with Crippen molar-refractivity contribution in [3.8, 4) is 0 Å². The normalized spacial score (nSPS) is 14.5.